The van der Waals surface area contributed by atoms with Crippen LogP contribution in [0.4, 0.5) is 0 Å². The zero-order chi connectivity index (χ0) is 17.4. The van der Waals surface area contributed by atoms with Crippen molar-refractivity contribution in [1.29, 1.82) is 0 Å². The Balaban J connectivity index is 1.88. The van der Waals surface area contributed by atoms with Crippen molar-refractivity contribution < 1.29 is 19.4 Å². The van der Waals surface area contributed by atoms with Gasteiger partial charge in [-0.05, 0) is 24.6 Å². The van der Waals surface area contributed by atoms with E-state index in [1.807, 2.05) is 37.3 Å². The monoisotopic (exact) mass is 334 g/mol. The first-order valence-electron chi connectivity index (χ1n) is 8.22. The number of rotatable bonds is 7. The summed E-state index contributed by atoms with van der Waals surface area (Å²) in [6.45, 7) is 5.67. The summed E-state index contributed by atoms with van der Waals surface area (Å²) in [6.07, 6.45) is 3.93. The molecule has 1 aliphatic heterocycles. The Bertz CT molecular complexity index is 566. The van der Waals surface area contributed by atoms with Crippen LogP contribution in [0.5, 0.6) is 11.5 Å². The van der Waals surface area contributed by atoms with Gasteiger partial charge in [0.05, 0.1) is 13.7 Å². The second-order valence-electron chi connectivity index (χ2n) is 5.65. The molecule has 1 fully saturated rings. The van der Waals surface area contributed by atoms with Crippen molar-refractivity contribution >= 4 is 12.0 Å². The van der Waals surface area contributed by atoms with Gasteiger partial charge in [-0.3, -0.25) is 9.69 Å². The lowest BCUT2D eigenvalue weighted by atomic mass is 10.2. The van der Waals surface area contributed by atoms with E-state index in [0.29, 0.717) is 31.1 Å². The van der Waals surface area contributed by atoms with E-state index < -0.39 is 0 Å². The second kappa shape index (κ2) is 9.30. The van der Waals surface area contributed by atoms with Gasteiger partial charge in [-0.1, -0.05) is 18.2 Å². The molecule has 0 spiro atoms. The van der Waals surface area contributed by atoms with Crippen molar-refractivity contribution in [3.8, 4) is 11.5 Å². The minimum atomic E-state index is -0.0294. The molecule has 6 heteroatoms. The van der Waals surface area contributed by atoms with Crippen molar-refractivity contribution in [2.24, 2.45) is 0 Å². The molecule has 1 amide bonds. The lowest BCUT2D eigenvalue weighted by Crippen LogP contribution is -2.50. The maximum Gasteiger partial charge on any atom is 0.260 e. The van der Waals surface area contributed by atoms with Crippen molar-refractivity contribution in [1.82, 2.24) is 9.80 Å². The summed E-state index contributed by atoms with van der Waals surface area (Å²) in [5.41, 5.74) is 1.02. The number of piperazine rings is 1. The molecule has 0 radical (unpaired) electrons. The van der Waals surface area contributed by atoms with Crippen molar-refractivity contribution in [3.05, 3.63) is 29.8 Å². The van der Waals surface area contributed by atoms with Gasteiger partial charge in [-0.15, -0.1) is 0 Å². The van der Waals surface area contributed by atoms with Gasteiger partial charge in [-0.2, -0.15) is 0 Å². The highest BCUT2D eigenvalue weighted by molar-refractivity contribution is 5.78. The van der Waals surface area contributed by atoms with Crippen LogP contribution in [0.15, 0.2) is 24.3 Å². The quantitative estimate of drug-likeness (QED) is 0.813. The van der Waals surface area contributed by atoms with Crippen LogP contribution in [-0.4, -0.2) is 73.9 Å². The molecular formula is C18H26N2O4. The van der Waals surface area contributed by atoms with Crippen LogP contribution in [-0.2, 0) is 4.79 Å². The van der Waals surface area contributed by atoms with Gasteiger partial charge in [0.2, 0.25) is 0 Å². The number of hydrogen-bond donors (Lipinski definition) is 1. The number of aliphatic hydroxyl groups is 1. The maximum absolute atomic E-state index is 12.3. The molecule has 0 saturated carbocycles. The Hall–Kier alpha value is -2.05. The fourth-order valence-corrected chi connectivity index (χ4v) is 2.69. The number of allylic oxidation sites excluding steroid dienone is 1. The molecule has 1 aromatic rings. The van der Waals surface area contributed by atoms with Gasteiger partial charge < -0.3 is 19.5 Å². The molecule has 1 heterocycles. The van der Waals surface area contributed by atoms with E-state index in [-0.39, 0.29) is 19.1 Å². The number of ether oxygens (including phenoxy) is 2. The average molecular weight is 334 g/mol. The molecule has 0 bridgehead atoms. The number of amides is 1. The molecule has 1 aliphatic rings. The Morgan fingerprint density at radius 1 is 1.25 bits per heavy atom. The van der Waals surface area contributed by atoms with Crippen LogP contribution < -0.4 is 9.47 Å². The first-order valence-corrected chi connectivity index (χ1v) is 8.22. The summed E-state index contributed by atoms with van der Waals surface area (Å²) >= 11 is 0. The van der Waals surface area contributed by atoms with E-state index in [1.54, 1.807) is 12.0 Å². The van der Waals surface area contributed by atoms with Gasteiger partial charge in [0.1, 0.15) is 0 Å². The number of nitrogens with zero attached hydrogens (tertiary/aromatic N) is 2. The molecule has 1 saturated heterocycles. The number of methoxy groups -OCH3 is 1. The van der Waals surface area contributed by atoms with Crippen molar-refractivity contribution in [2.45, 2.75) is 6.92 Å². The number of β-amino-alcohol motifs (C(OH)–C–C–N with tert-alkyl or cyclic N) is 1. The van der Waals surface area contributed by atoms with Gasteiger partial charge in [0.25, 0.3) is 5.91 Å². The highest BCUT2D eigenvalue weighted by Gasteiger charge is 2.21. The average Bonchev–Trinajstić information content (AvgIpc) is 2.61. The topological polar surface area (TPSA) is 62.2 Å². The maximum atomic E-state index is 12.3. The number of aliphatic hydroxyl groups excluding tert-OH is 1. The molecular weight excluding hydrogens is 308 g/mol. The molecule has 0 unspecified atom stereocenters. The van der Waals surface area contributed by atoms with Crippen LogP contribution in [0.1, 0.15) is 12.5 Å². The number of carbonyl (C=O) groups excluding carboxylic acids is 1. The zero-order valence-corrected chi connectivity index (χ0v) is 14.4. The standard InChI is InChI=1S/C18H26N2O4/c1-3-4-15-5-6-16(17(13-15)23-2)24-14-18(22)20-9-7-19(8-10-20)11-12-21/h3-6,13,21H,7-12,14H2,1-2H3/b4-3+. The van der Waals surface area contributed by atoms with Gasteiger partial charge in [0.15, 0.2) is 18.1 Å². The Labute approximate surface area is 143 Å². The van der Waals surface area contributed by atoms with Crippen LogP contribution in [0, 0.1) is 0 Å². The predicted octanol–water partition coefficient (Wildman–Crippen LogP) is 1.24. The molecule has 24 heavy (non-hydrogen) atoms. The molecule has 0 aromatic heterocycles. The van der Waals surface area contributed by atoms with E-state index in [1.165, 1.54) is 0 Å². The molecule has 1 aromatic carbocycles. The SMILES string of the molecule is C/C=C/c1ccc(OCC(=O)N2CCN(CCO)CC2)c(OC)c1. The first-order chi connectivity index (χ1) is 11.7. The highest BCUT2D eigenvalue weighted by atomic mass is 16.5. The summed E-state index contributed by atoms with van der Waals surface area (Å²) < 4.78 is 11.0. The summed E-state index contributed by atoms with van der Waals surface area (Å²) in [5, 5.41) is 8.95. The van der Waals surface area contributed by atoms with Gasteiger partial charge in [-0.25, -0.2) is 0 Å². The van der Waals surface area contributed by atoms with Gasteiger partial charge in [0, 0.05) is 32.7 Å². The number of benzene rings is 1. The Kier molecular flexibility index (Phi) is 7.08. The van der Waals surface area contributed by atoms with E-state index in [0.717, 1.165) is 18.7 Å². The van der Waals surface area contributed by atoms with E-state index >= 15 is 0 Å². The second-order valence-corrected chi connectivity index (χ2v) is 5.65. The summed E-state index contributed by atoms with van der Waals surface area (Å²) in [6, 6.07) is 5.63. The van der Waals surface area contributed by atoms with E-state index in [9.17, 15) is 4.79 Å². The van der Waals surface area contributed by atoms with Crippen molar-refractivity contribution in [2.75, 3.05) is 53.0 Å². The lowest BCUT2D eigenvalue weighted by molar-refractivity contribution is -0.135. The summed E-state index contributed by atoms with van der Waals surface area (Å²) in [7, 11) is 1.59. The zero-order valence-electron chi connectivity index (χ0n) is 14.4. The van der Waals surface area contributed by atoms with Crippen molar-refractivity contribution in [3.63, 3.8) is 0 Å². The van der Waals surface area contributed by atoms with E-state index in [2.05, 4.69) is 4.90 Å². The molecule has 2 rings (SSSR count). The number of carbonyl (C=O) groups is 1. The minimum absolute atomic E-state index is 0.000671. The molecule has 1 N–H and O–H groups in total. The highest BCUT2D eigenvalue weighted by Crippen LogP contribution is 2.28. The predicted molar refractivity (Wildman–Crippen MR) is 93.3 cm³/mol. The molecule has 6 nitrogen and oxygen atoms in total. The fraction of sp³-hybridized carbons (Fsp3) is 0.500. The smallest absolute Gasteiger partial charge is 0.260 e. The third-order valence-corrected chi connectivity index (χ3v) is 4.04. The first kappa shape index (κ1) is 18.3. The Morgan fingerprint density at radius 2 is 2.00 bits per heavy atom. The fourth-order valence-electron chi connectivity index (χ4n) is 2.69. The largest absolute Gasteiger partial charge is 0.493 e. The van der Waals surface area contributed by atoms with Crippen LogP contribution >= 0.6 is 0 Å². The summed E-state index contributed by atoms with van der Waals surface area (Å²) in [5.74, 6) is 1.16. The molecule has 132 valence electrons. The van der Waals surface area contributed by atoms with Gasteiger partial charge >= 0.3 is 0 Å². The lowest BCUT2D eigenvalue weighted by Gasteiger charge is -2.34. The third-order valence-electron chi connectivity index (χ3n) is 4.04. The van der Waals surface area contributed by atoms with Crippen LogP contribution in [0.25, 0.3) is 6.08 Å². The van der Waals surface area contributed by atoms with Crippen LogP contribution in [0.3, 0.4) is 0 Å². The van der Waals surface area contributed by atoms with Crippen LogP contribution in [0.2, 0.25) is 0 Å². The van der Waals surface area contributed by atoms with E-state index in [4.69, 9.17) is 14.6 Å². The molecule has 0 atom stereocenters. The summed E-state index contributed by atoms with van der Waals surface area (Å²) in [4.78, 5) is 16.2. The molecule has 0 aliphatic carbocycles. The third kappa shape index (κ3) is 4.97. The number of hydrogen-bond acceptors (Lipinski definition) is 5. The Morgan fingerprint density at radius 3 is 2.62 bits per heavy atom. The minimum Gasteiger partial charge on any atom is -0.493 e. The normalized spacial score (nSPS) is 15.7.